The summed E-state index contributed by atoms with van der Waals surface area (Å²) in [4.78, 5) is 13.2. The topological polar surface area (TPSA) is 43.3 Å². The van der Waals surface area contributed by atoms with Crippen LogP contribution in [-0.4, -0.2) is 29.7 Å². The summed E-state index contributed by atoms with van der Waals surface area (Å²) >= 11 is 0. The van der Waals surface area contributed by atoms with Crippen LogP contribution in [0.4, 0.5) is 13.2 Å². The third kappa shape index (κ3) is 5.83. The number of benzene rings is 2. The highest BCUT2D eigenvalue weighted by Crippen LogP contribution is 2.37. The Bertz CT molecular complexity index is 1300. The molecule has 0 unspecified atom stereocenters. The molecule has 0 radical (unpaired) electrons. The van der Waals surface area contributed by atoms with E-state index in [2.05, 4.69) is 65.1 Å². The van der Waals surface area contributed by atoms with E-state index < -0.39 is 11.7 Å². The van der Waals surface area contributed by atoms with Crippen molar-refractivity contribution in [1.29, 1.82) is 0 Å². The van der Waals surface area contributed by atoms with Crippen LogP contribution in [0.5, 0.6) is 0 Å². The fraction of sp³-hybridized carbons (Fsp3) is 0.452. The lowest BCUT2D eigenvalue weighted by molar-refractivity contribution is -0.138. The van der Waals surface area contributed by atoms with Crippen LogP contribution in [0.3, 0.4) is 0 Å². The van der Waals surface area contributed by atoms with Gasteiger partial charge in [0.05, 0.1) is 30.4 Å². The fourth-order valence-corrected chi connectivity index (χ4v) is 4.65. The van der Waals surface area contributed by atoms with E-state index in [1.165, 1.54) is 12.1 Å². The molecule has 0 aliphatic carbocycles. The van der Waals surface area contributed by atoms with E-state index in [1.54, 1.807) is 13.0 Å². The predicted molar refractivity (Wildman–Crippen MR) is 145 cm³/mol. The van der Waals surface area contributed by atoms with Gasteiger partial charge in [-0.05, 0) is 64.3 Å². The highest BCUT2D eigenvalue weighted by Gasteiger charge is 2.34. The van der Waals surface area contributed by atoms with Crippen LogP contribution in [0.2, 0.25) is 0 Å². The third-order valence-electron chi connectivity index (χ3n) is 7.20. The lowest BCUT2D eigenvalue weighted by Gasteiger charge is -2.26. The van der Waals surface area contributed by atoms with E-state index in [0.29, 0.717) is 30.2 Å². The van der Waals surface area contributed by atoms with Crippen molar-refractivity contribution in [3.05, 3.63) is 82.0 Å². The second-order valence-electron chi connectivity index (χ2n) is 12.3. The van der Waals surface area contributed by atoms with Crippen molar-refractivity contribution in [2.45, 2.75) is 78.1 Å². The van der Waals surface area contributed by atoms with Gasteiger partial charge in [0.2, 0.25) is 0 Å². The number of hydrogen-bond donors (Lipinski definition) is 1. The van der Waals surface area contributed by atoms with E-state index in [4.69, 9.17) is 4.74 Å². The molecule has 1 N–H and O–H groups in total. The second kappa shape index (κ2) is 9.92. The maximum absolute atomic E-state index is 13.9. The summed E-state index contributed by atoms with van der Waals surface area (Å²) in [5, 5.41) is 2.98. The summed E-state index contributed by atoms with van der Waals surface area (Å²) in [6, 6.07) is 13.8. The number of nitrogens with zero attached hydrogens (tertiary/aromatic N) is 1. The molecule has 1 aliphatic heterocycles. The molecule has 0 bridgehead atoms. The number of carbonyl (C=O) groups is 1. The van der Waals surface area contributed by atoms with Crippen LogP contribution in [0.25, 0.3) is 11.3 Å². The van der Waals surface area contributed by atoms with Crippen molar-refractivity contribution in [3.63, 3.8) is 0 Å². The molecule has 1 amide bonds. The molecule has 0 spiro atoms. The van der Waals surface area contributed by atoms with E-state index in [9.17, 15) is 18.0 Å². The number of carbonyl (C=O) groups excluding carboxylic acids is 1. The Morgan fingerprint density at radius 1 is 0.947 bits per heavy atom. The zero-order valence-electron chi connectivity index (χ0n) is 23.2. The molecule has 7 heteroatoms. The van der Waals surface area contributed by atoms with Crippen molar-refractivity contribution < 1.29 is 22.7 Å². The lowest BCUT2D eigenvalue weighted by Crippen LogP contribution is -2.48. The molecule has 1 saturated heterocycles. The number of ether oxygens (including phenoxy) is 1. The summed E-state index contributed by atoms with van der Waals surface area (Å²) in [5.41, 5.74) is 4.11. The Morgan fingerprint density at radius 3 is 2.03 bits per heavy atom. The maximum atomic E-state index is 13.9. The monoisotopic (exact) mass is 526 g/mol. The van der Waals surface area contributed by atoms with E-state index >= 15 is 0 Å². The van der Waals surface area contributed by atoms with Gasteiger partial charge in [0.15, 0.2) is 0 Å². The smallest absolute Gasteiger partial charge is 0.377 e. The van der Waals surface area contributed by atoms with Gasteiger partial charge in [-0.15, -0.1) is 0 Å². The van der Waals surface area contributed by atoms with Gasteiger partial charge in [-0.1, -0.05) is 65.8 Å². The average Bonchev–Trinajstić information content (AvgIpc) is 3.10. The molecule has 1 fully saturated rings. The molecule has 0 saturated carbocycles. The highest BCUT2D eigenvalue weighted by atomic mass is 19.4. The third-order valence-corrected chi connectivity index (χ3v) is 7.20. The molecule has 2 heterocycles. The number of nitrogens with one attached hydrogen (secondary N) is 1. The van der Waals surface area contributed by atoms with Crippen molar-refractivity contribution >= 4 is 5.91 Å². The first-order valence-electron chi connectivity index (χ1n) is 13.0. The Kier molecular flexibility index (Phi) is 7.30. The molecule has 38 heavy (non-hydrogen) atoms. The first kappa shape index (κ1) is 28.0. The predicted octanol–water partition coefficient (Wildman–Crippen LogP) is 7.25. The number of rotatable bonds is 5. The van der Waals surface area contributed by atoms with E-state index in [1.807, 2.05) is 10.6 Å². The van der Waals surface area contributed by atoms with Crippen LogP contribution in [0.1, 0.15) is 79.8 Å². The summed E-state index contributed by atoms with van der Waals surface area (Å²) in [7, 11) is 0. The minimum absolute atomic E-state index is 0.0126. The summed E-state index contributed by atoms with van der Waals surface area (Å²) in [6.07, 6.45) is -4.48. The minimum Gasteiger partial charge on any atom is -0.377 e. The van der Waals surface area contributed by atoms with Crippen LogP contribution in [-0.2, 0) is 28.3 Å². The number of aromatic nitrogens is 1. The molecule has 0 atom stereocenters. The van der Waals surface area contributed by atoms with E-state index in [0.717, 1.165) is 22.8 Å². The lowest BCUT2D eigenvalue weighted by atomic mass is 9.79. The standard InChI is InChI=1S/C31H37F3N2O2/c1-19-25(28(37)35-24-17-38-18-24)15-27(36(19)16-20-10-8-9-11-26(20)31(32,33)34)21-12-22(29(2,3)4)14-23(13-21)30(5,6)7/h8-15,24H,16-18H2,1-7H3,(H,35,37). The van der Waals surface area contributed by atoms with Crippen LogP contribution in [0, 0.1) is 6.92 Å². The van der Waals surface area contributed by atoms with Crippen LogP contribution in [0.15, 0.2) is 48.5 Å². The van der Waals surface area contributed by atoms with Gasteiger partial charge in [0, 0.05) is 17.9 Å². The second-order valence-corrected chi connectivity index (χ2v) is 12.3. The van der Waals surface area contributed by atoms with Crippen molar-refractivity contribution in [2.75, 3.05) is 13.2 Å². The Labute approximate surface area is 223 Å². The fourth-order valence-electron chi connectivity index (χ4n) is 4.65. The Morgan fingerprint density at radius 2 is 1.53 bits per heavy atom. The molecule has 4 nitrogen and oxygen atoms in total. The number of amides is 1. The molecule has 2 aromatic carbocycles. The SMILES string of the molecule is Cc1c(C(=O)NC2COC2)cc(-c2cc(C(C)(C)C)cc(C(C)(C)C)c2)n1Cc1ccccc1C(F)(F)F. The van der Waals surface area contributed by atoms with Crippen molar-refractivity contribution in [2.24, 2.45) is 0 Å². The minimum atomic E-state index is -4.48. The van der Waals surface area contributed by atoms with Gasteiger partial charge >= 0.3 is 6.18 Å². The molecule has 1 aromatic heterocycles. The Balaban J connectivity index is 1.92. The zero-order chi connectivity index (χ0) is 28.0. The first-order chi connectivity index (χ1) is 17.6. The van der Waals surface area contributed by atoms with Crippen molar-refractivity contribution in [3.8, 4) is 11.3 Å². The normalized spacial score (nSPS) is 14.9. The van der Waals surface area contributed by atoms with Crippen LogP contribution >= 0.6 is 0 Å². The van der Waals surface area contributed by atoms with Gasteiger partial charge < -0.3 is 14.6 Å². The maximum Gasteiger partial charge on any atom is 0.416 e. The van der Waals surface area contributed by atoms with E-state index in [-0.39, 0.29) is 34.9 Å². The van der Waals surface area contributed by atoms with Gasteiger partial charge in [-0.2, -0.15) is 13.2 Å². The molecular weight excluding hydrogens is 489 g/mol. The molecule has 204 valence electrons. The zero-order valence-corrected chi connectivity index (χ0v) is 23.2. The molecular formula is C31H37F3N2O2. The summed E-state index contributed by atoms with van der Waals surface area (Å²) in [5.74, 6) is -0.247. The number of halogens is 3. The molecule has 4 rings (SSSR count). The largest absolute Gasteiger partial charge is 0.416 e. The van der Waals surface area contributed by atoms with Crippen molar-refractivity contribution in [1.82, 2.24) is 9.88 Å². The summed E-state index contributed by atoms with van der Waals surface area (Å²) < 4.78 is 48.7. The van der Waals surface area contributed by atoms with Gasteiger partial charge in [0.25, 0.3) is 5.91 Å². The summed E-state index contributed by atoms with van der Waals surface area (Å²) in [6.45, 7) is 15.5. The Hall–Kier alpha value is -3.06. The average molecular weight is 527 g/mol. The van der Waals surface area contributed by atoms with Gasteiger partial charge in [-0.25, -0.2) is 0 Å². The molecule has 3 aromatic rings. The highest BCUT2D eigenvalue weighted by molar-refractivity contribution is 5.97. The number of alkyl halides is 3. The quantitative estimate of drug-likeness (QED) is 0.380. The number of hydrogen-bond acceptors (Lipinski definition) is 2. The van der Waals surface area contributed by atoms with Gasteiger partial charge in [-0.3, -0.25) is 4.79 Å². The van der Waals surface area contributed by atoms with Gasteiger partial charge in [0.1, 0.15) is 0 Å². The molecule has 1 aliphatic rings. The first-order valence-corrected chi connectivity index (χ1v) is 13.0. The van der Waals surface area contributed by atoms with Crippen LogP contribution < -0.4 is 5.32 Å².